The first-order valence-electron chi connectivity index (χ1n) is 18.1. The van der Waals surface area contributed by atoms with Crippen LogP contribution in [0.25, 0.3) is 16.6 Å². The molecule has 0 bridgehead atoms. The molecule has 0 aliphatic rings. The number of methoxy groups -OCH3 is 2. The second-order valence-corrected chi connectivity index (χ2v) is 17.0. The van der Waals surface area contributed by atoms with E-state index in [9.17, 15) is 26.4 Å². The summed E-state index contributed by atoms with van der Waals surface area (Å²) >= 11 is 0. The average Bonchev–Trinajstić information content (AvgIpc) is 4.07. The second-order valence-electron chi connectivity index (χ2n) is 13.2. The fourth-order valence-electron chi connectivity index (χ4n) is 6.10. The van der Waals surface area contributed by atoms with Crippen molar-refractivity contribution < 1.29 is 44.7 Å². The highest BCUT2D eigenvalue weighted by molar-refractivity contribution is 7.91. The predicted molar refractivity (Wildman–Crippen MR) is 218 cm³/mol. The van der Waals surface area contributed by atoms with Crippen molar-refractivity contribution in [1.29, 1.82) is 0 Å². The molecule has 15 nitrogen and oxygen atoms in total. The van der Waals surface area contributed by atoms with Gasteiger partial charge in [0.25, 0.3) is 11.8 Å². The molecule has 2 amide bonds. The van der Waals surface area contributed by atoms with Crippen molar-refractivity contribution in [1.82, 2.24) is 25.0 Å². The van der Waals surface area contributed by atoms with Crippen LogP contribution in [0.5, 0.6) is 11.5 Å². The molecule has 306 valence electrons. The molecule has 3 aromatic carbocycles. The third-order valence-corrected chi connectivity index (χ3v) is 12.7. The fraction of sp³-hybridized carbons (Fsp3) is 0.116. The van der Waals surface area contributed by atoms with E-state index in [1.807, 2.05) is 6.92 Å². The summed E-state index contributed by atoms with van der Waals surface area (Å²) in [4.78, 5) is 33.0. The van der Waals surface area contributed by atoms with Crippen LogP contribution >= 0.6 is 0 Å². The zero-order valence-corrected chi connectivity index (χ0v) is 34.0. The number of aromatic nitrogens is 3. The Balaban J connectivity index is 0.000000185. The Hall–Kier alpha value is -7.24. The Kier molecular flexibility index (Phi) is 11.8. The molecule has 0 atom stereocenters. The highest BCUT2D eigenvalue weighted by Crippen LogP contribution is 2.38. The van der Waals surface area contributed by atoms with Gasteiger partial charge in [-0.1, -0.05) is 24.3 Å². The molecule has 0 saturated carbocycles. The molecule has 0 radical (unpaired) electrons. The molecule has 60 heavy (non-hydrogen) atoms. The summed E-state index contributed by atoms with van der Waals surface area (Å²) in [6, 6.07) is 25.7. The largest absolute Gasteiger partial charge is 0.495 e. The van der Waals surface area contributed by atoms with Gasteiger partial charge in [-0.2, -0.15) is 0 Å². The maximum atomic E-state index is 13.3. The molecule has 8 rings (SSSR count). The van der Waals surface area contributed by atoms with Crippen LogP contribution in [-0.4, -0.2) is 57.2 Å². The van der Waals surface area contributed by atoms with Crippen LogP contribution in [0.15, 0.2) is 163 Å². The minimum absolute atomic E-state index is 0.0291. The smallest absolute Gasteiger partial charge is 0.287 e. The first-order chi connectivity index (χ1) is 28.9. The molecule has 8 aromatic rings. The van der Waals surface area contributed by atoms with Crippen molar-refractivity contribution in [3.63, 3.8) is 0 Å². The monoisotopic (exact) mass is 847 g/mol. The van der Waals surface area contributed by atoms with Crippen LogP contribution < -0.4 is 20.1 Å². The van der Waals surface area contributed by atoms with Gasteiger partial charge in [0.15, 0.2) is 16.2 Å². The standard InChI is InChI=1S/C24H22N2O6S.C19H15N3O4S/c1-15-10-19(30-2)23(20(11-15)31-3)33(28,29)18-6-4-16(5-7-18)13-26-24(27)21-12-17-8-9-25-14-22(17)32-21;23-19(15-5-8-17-20-9-10-22(17)13-15)21-12-14-3-6-16(7-4-14)27(24,25)18-2-1-11-26-18/h4-12,14H,13H2,1-3H3,(H,26,27);1-11,13H,12H2,(H,21,23). The number of benzene rings is 3. The first kappa shape index (κ1) is 40.9. The Morgan fingerprint density at radius 2 is 1.38 bits per heavy atom. The van der Waals surface area contributed by atoms with Gasteiger partial charge in [0.2, 0.25) is 24.8 Å². The van der Waals surface area contributed by atoms with Crippen molar-refractivity contribution in [2.45, 2.75) is 39.8 Å². The number of furan rings is 2. The third-order valence-electron chi connectivity index (χ3n) is 9.20. The van der Waals surface area contributed by atoms with E-state index in [1.165, 1.54) is 56.9 Å². The van der Waals surface area contributed by atoms with Gasteiger partial charge in [0.1, 0.15) is 17.1 Å². The summed E-state index contributed by atoms with van der Waals surface area (Å²) in [7, 11) is -4.74. The molecule has 2 N–H and O–H groups in total. The number of carbonyl (C=O) groups is 2. The van der Waals surface area contributed by atoms with Crippen LogP contribution in [0.1, 0.15) is 37.6 Å². The summed E-state index contributed by atoms with van der Waals surface area (Å²) < 4.78 is 74.2. The van der Waals surface area contributed by atoms with E-state index in [0.29, 0.717) is 11.1 Å². The van der Waals surface area contributed by atoms with Crippen molar-refractivity contribution in [2.24, 2.45) is 0 Å². The average molecular weight is 848 g/mol. The lowest BCUT2D eigenvalue weighted by Crippen LogP contribution is -2.23. The Bertz CT molecular complexity index is 2970. The number of amides is 2. The van der Waals surface area contributed by atoms with Crippen LogP contribution in [0.2, 0.25) is 0 Å². The van der Waals surface area contributed by atoms with E-state index < -0.39 is 19.7 Å². The van der Waals surface area contributed by atoms with E-state index >= 15 is 0 Å². The van der Waals surface area contributed by atoms with Gasteiger partial charge in [-0.15, -0.1) is 0 Å². The number of carbonyl (C=O) groups excluding carboxylic acids is 2. The topological polar surface area (TPSA) is 201 Å². The number of ether oxygens (including phenoxy) is 2. The minimum atomic E-state index is -3.91. The molecule has 17 heteroatoms. The lowest BCUT2D eigenvalue weighted by molar-refractivity contribution is 0.0923. The lowest BCUT2D eigenvalue weighted by atomic mass is 10.2. The van der Waals surface area contributed by atoms with Crippen molar-refractivity contribution in [2.75, 3.05) is 14.2 Å². The zero-order chi connectivity index (χ0) is 42.4. The summed E-state index contributed by atoms with van der Waals surface area (Å²) in [6.07, 6.45) is 9.62. The first-order valence-corrected chi connectivity index (χ1v) is 21.1. The van der Waals surface area contributed by atoms with E-state index in [-0.39, 0.29) is 61.9 Å². The van der Waals surface area contributed by atoms with Crippen LogP contribution in [0, 0.1) is 6.92 Å². The van der Waals surface area contributed by atoms with E-state index in [4.69, 9.17) is 18.3 Å². The van der Waals surface area contributed by atoms with Gasteiger partial charge in [0.05, 0.1) is 42.0 Å². The maximum absolute atomic E-state index is 13.3. The molecule has 0 fully saturated rings. The Morgan fingerprint density at radius 1 is 0.750 bits per heavy atom. The Morgan fingerprint density at radius 3 is 1.98 bits per heavy atom. The van der Waals surface area contributed by atoms with Gasteiger partial charge < -0.3 is 33.3 Å². The number of pyridine rings is 2. The number of nitrogens with zero attached hydrogens (tertiary/aromatic N) is 3. The summed E-state index contributed by atoms with van der Waals surface area (Å²) in [6.45, 7) is 2.31. The number of rotatable bonds is 12. The van der Waals surface area contributed by atoms with Crippen molar-refractivity contribution >= 4 is 48.1 Å². The number of imidazole rings is 1. The Labute approximate surface area is 344 Å². The number of hydrogen-bond acceptors (Lipinski definition) is 12. The predicted octanol–water partition coefficient (Wildman–Crippen LogP) is 6.61. The summed E-state index contributed by atoms with van der Waals surface area (Å²) in [5.74, 6) is -0.000817. The van der Waals surface area contributed by atoms with Gasteiger partial charge >= 0.3 is 0 Å². The van der Waals surface area contributed by atoms with Gasteiger partial charge in [-0.3, -0.25) is 14.6 Å². The summed E-state index contributed by atoms with van der Waals surface area (Å²) in [5.41, 5.74) is 4.12. The zero-order valence-electron chi connectivity index (χ0n) is 32.4. The highest BCUT2D eigenvalue weighted by Gasteiger charge is 2.27. The van der Waals surface area contributed by atoms with Crippen molar-refractivity contribution in [3.8, 4) is 11.5 Å². The maximum Gasteiger partial charge on any atom is 0.287 e. The highest BCUT2D eigenvalue weighted by atomic mass is 32.2. The lowest BCUT2D eigenvalue weighted by Gasteiger charge is -2.15. The van der Waals surface area contributed by atoms with Crippen molar-refractivity contribution in [3.05, 3.63) is 162 Å². The molecule has 0 saturated heterocycles. The molecule has 0 aliphatic heterocycles. The molecule has 5 aromatic heterocycles. The SMILES string of the molecule is COc1cc(C)cc(OC)c1S(=O)(=O)c1ccc(CNC(=O)c2cc3ccncc3o2)cc1.O=C(NCc1ccc(S(=O)(=O)c2ccco2)cc1)c1ccc2nccn2c1. The molecular formula is C43H37N5O10S2. The van der Waals surface area contributed by atoms with Gasteiger partial charge in [-0.25, -0.2) is 21.8 Å². The van der Waals surface area contributed by atoms with Gasteiger partial charge in [0, 0.05) is 43.3 Å². The molecule has 0 unspecified atom stereocenters. The molecular weight excluding hydrogens is 811 g/mol. The number of sulfone groups is 2. The molecule has 5 heterocycles. The third kappa shape index (κ3) is 8.76. The number of aryl methyl sites for hydroxylation is 1. The van der Waals surface area contributed by atoms with Crippen LogP contribution in [0.4, 0.5) is 0 Å². The summed E-state index contributed by atoms with van der Waals surface area (Å²) in [5, 5.41) is 6.27. The van der Waals surface area contributed by atoms with Crippen LogP contribution in [-0.2, 0) is 32.8 Å². The minimum Gasteiger partial charge on any atom is -0.495 e. The fourth-order valence-corrected chi connectivity index (χ4v) is 8.81. The number of fused-ring (bicyclic) bond motifs is 2. The second kappa shape index (κ2) is 17.3. The van der Waals surface area contributed by atoms with Crippen LogP contribution in [0.3, 0.4) is 0 Å². The van der Waals surface area contributed by atoms with Gasteiger partial charge in [-0.05, 0) is 96.4 Å². The van der Waals surface area contributed by atoms with E-state index in [1.54, 1.807) is 96.0 Å². The van der Waals surface area contributed by atoms with E-state index in [0.717, 1.165) is 27.7 Å². The quantitative estimate of drug-likeness (QED) is 0.134. The number of nitrogens with one attached hydrogen (secondary N) is 2. The normalized spacial score (nSPS) is 11.4. The molecule has 0 spiro atoms. The van der Waals surface area contributed by atoms with E-state index in [2.05, 4.69) is 20.6 Å². The molecule has 0 aliphatic carbocycles. The number of hydrogen-bond donors (Lipinski definition) is 2.